The zero-order chi connectivity index (χ0) is 20.1. The maximum Gasteiger partial charge on any atom is 0.416 e. The molecule has 1 heterocycles. The van der Waals surface area contributed by atoms with Crippen LogP contribution in [0.3, 0.4) is 0 Å². The van der Waals surface area contributed by atoms with Crippen molar-refractivity contribution in [2.45, 2.75) is 19.6 Å². The van der Waals surface area contributed by atoms with Crippen LogP contribution >= 0.6 is 0 Å². The number of rotatable bonds is 6. The summed E-state index contributed by atoms with van der Waals surface area (Å²) in [4.78, 5) is 8.70. The van der Waals surface area contributed by atoms with Crippen molar-refractivity contribution in [2.75, 3.05) is 17.7 Å². The van der Waals surface area contributed by atoms with Crippen LogP contribution in [-0.2, 0) is 12.7 Å². The van der Waals surface area contributed by atoms with Crippen molar-refractivity contribution in [3.63, 3.8) is 0 Å². The highest BCUT2D eigenvalue weighted by atomic mass is 19.4. The number of nitrogens with one attached hydrogen (secondary N) is 2. The van der Waals surface area contributed by atoms with E-state index in [1.165, 1.54) is 12.1 Å². The minimum atomic E-state index is -4.36. The zero-order valence-electron chi connectivity index (χ0n) is 15.3. The molecule has 0 amide bonds. The van der Waals surface area contributed by atoms with Crippen LogP contribution in [0.25, 0.3) is 0 Å². The van der Waals surface area contributed by atoms with Crippen molar-refractivity contribution in [3.8, 4) is 5.75 Å². The van der Waals surface area contributed by atoms with Gasteiger partial charge in [0.05, 0.1) is 12.7 Å². The molecule has 0 saturated heterocycles. The molecule has 3 aromatic rings. The average Bonchev–Trinajstić information content (AvgIpc) is 2.66. The fourth-order valence-electron chi connectivity index (χ4n) is 2.53. The average molecular weight is 388 g/mol. The Hall–Kier alpha value is -3.29. The van der Waals surface area contributed by atoms with Crippen LogP contribution in [0.1, 0.15) is 16.8 Å². The molecule has 0 fully saturated rings. The molecule has 1 aromatic heterocycles. The van der Waals surface area contributed by atoms with Crippen molar-refractivity contribution < 1.29 is 17.9 Å². The van der Waals surface area contributed by atoms with Crippen LogP contribution in [0.4, 0.5) is 30.6 Å². The summed E-state index contributed by atoms with van der Waals surface area (Å²) in [5.74, 6) is 1.69. The molecule has 3 rings (SSSR count). The number of nitrogens with zero attached hydrogens (tertiary/aromatic N) is 2. The van der Waals surface area contributed by atoms with Gasteiger partial charge in [-0.3, -0.25) is 0 Å². The van der Waals surface area contributed by atoms with Gasteiger partial charge in [0.1, 0.15) is 11.6 Å². The van der Waals surface area contributed by atoms with E-state index in [9.17, 15) is 13.2 Å². The Morgan fingerprint density at radius 1 is 0.964 bits per heavy atom. The number of hydrogen-bond acceptors (Lipinski definition) is 5. The predicted octanol–water partition coefficient (Wildman–Crippen LogP) is 5.17. The molecule has 0 saturated carbocycles. The minimum Gasteiger partial charge on any atom is -0.497 e. The van der Waals surface area contributed by atoms with Gasteiger partial charge < -0.3 is 15.4 Å². The van der Waals surface area contributed by atoms with Crippen molar-refractivity contribution >= 4 is 17.5 Å². The smallest absolute Gasteiger partial charge is 0.416 e. The van der Waals surface area contributed by atoms with Crippen molar-refractivity contribution in [1.29, 1.82) is 0 Å². The molecule has 0 aliphatic heterocycles. The highest BCUT2D eigenvalue weighted by molar-refractivity contribution is 5.58. The molecule has 0 aliphatic rings. The molecule has 8 heteroatoms. The molecule has 2 aromatic carbocycles. The standard InChI is InChI=1S/C20H19F3N4O/c1-13-11-18(26-16-7-5-15(6-8-16)20(21,22)23)27-19(25-13)24-12-14-3-9-17(28-2)10-4-14/h3-11H,12H2,1-2H3,(H2,24,25,26,27). The fraction of sp³-hybridized carbons (Fsp3) is 0.200. The maximum atomic E-state index is 12.7. The lowest BCUT2D eigenvalue weighted by Crippen LogP contribution is -2.07. The highest BCUT2D eigenvalue weighted by Crippen LogP contribution is 2.30. The highest BCUT2D eigenvalue weighted by Gasteiger charge is 2.29. The quantitative estimate of drug-likeness (QED) is 0.610. The summed E-state index contributed by atoms with van der Waals surface area (Å²) in [6.45, 7) is 2.34. The molecular formula is C20H19F3N4O. The Morgan fingerprint density at radius 2 is 1.64 bits per heavy atom. The number of benzene rings is 2. The maximum absolute atomic E-state index is 12.7. The third-order valence-corrected chi connectivity index (χ3v) is 3.95. The number of anilines is 3. The molecule has 0 bridgehead atoms. The number of hydrogen-bond donors (Lipinski definition) is 2. The van der Waals surface area contributed by atoms with E-state index in [4.69, 9.17) is 4.74 Å². The van der Waals surface area contributed by atoms with Crippen LogP contribution in [0, 0.1) is 6.92 Å². The molecule has 28 heavy (non-hydrogen) atoms. The first-order valence-corrected chi connectivity index (χ1v) is 8.50. The van der Waals surface area contributed by atoms with Crippen molar-refractivity contribution in [2.24, 2.45) is 0 Å². The molecule has 0 spiro atoms. The van der Waals surface area contributed by atoms with E-state index in [1.54, 1.807) is 13.2 Å². The fourth-order valence-corrected chi connectivity index (χ4v) is 2.53. The van der Waals surface area contributed by atoms with Gasteiger partial charge in [-0.25, -0.2) is 4.98 Å². The monoisotopic (exact) mass is 388 g/mol. The number of alkyl halides is 3. The lowest BCUT2D eigenvalue weighted by Gasteiger charge is -2.11. The second kappa shape index (κ2) is 8.16. The topological polar surface area (TPSA) is 59.1 Å². The summed E-state index contributed by atoms with van der Waals surface area (Å²) in [7, 11) is 1.61. The van der Waals surface area contributed by atoms with E-state index in [-0.39, 0.29) is 0 Å². The van der Waals surface area contributed by atoms with Gasteiger partial charge in [-0.15, -0.1) is 0 Å². The number of halogens is 3. The molecule has 5 nitrogen and oxygen atoms in total. The summed E-state index contributed by atoms with van der Waals surface area (Å²) in [6.07, 6.45) is -4.36. The first kappa shape index (κ1) is 19.5. The molecule has 0 aliphatic carbocycles. The van der Waals surface area contributed by atoms with E-state index >= 15 is 0 Å². The number of ether oxygens (including phenoxy) is 1. The van der Waals surface area contributed by atoms with Gasteiger partial charge in [-0.2, -0.15) is 18.2 Å². The first-order chi connectivity index (χ1) is 13.3. The van der Waals surface area contributed by atoms with Gasteiger partial charge in [0, 0.05) is 24.0 Å². The predicted molar refractivity (Wildman–Crippen MR) is 102 cm³/mol. The number of aromatic nitrogens is 2. The van der Waals surface area contributed by atoms with Crippen LogP contribution in [0.2, 0.25) is 0 Å². The Kier molecular flexibility index (Phi) is 5.67. The van der Waals surface area contributed by atoms with E-state index in [0.29, 0.717) is 24.0 Å². The molecule has 0 unspecified atom stereocenters. The lowest BCUT2D eigenvalue weighted by molar-refractivity contribution is -0.137. The van der Waals surface area contributed by atoms with Crippen LogP contribution in [0.15, 0.2) is 54.6 Å². The largest absolute Gasteiger partial charge is 0.497 e. The van der Waals surface area contributed by atoms with E-state index in [0.717, 1.165) is 29.1 Å². The SMILES string of the molecule is COc1ccc(CNc2nc(C)cc(Nc3ccc(C(F)(F)F)cc3)n2)cc1. The van der Waals surface area contributed by atoms with E-state index in [1.807, 2.05) is 31.2 Å². The second-order valence-electron chi connectivity index (χ2n) is 6.12. The Labute approximate surface area is 160 Å². The van der Waals surface area contributed by atoms with E-state index in [2.05, 4.69) is 20.6 Å². The number of methoxy groups -OCH3 is 1. The molecule has 146 valence electrons. The second-order valence-corrected chi connectivity index (χ2v) is 6.12. The normalized spacial score (nSPS) is 11.2. The van der Waals surface area contributed by atoms with Gasteiger partial charge >= 0.3 is 6.18 Å². The summed E-state index contributed by atoms with van der Waals surface area (Å²) < 4.78 is 43.1. The Balaban J connectivity index is 1.68. The van der Waals surface area contributed by atoms with Crippen LogP contribution < -0.4 is 15.4 Å². The van der Waals surface area contributed by atoms with Gasteiger partial charge in [0.15, 0.2) is 0 Å². The molecule has 0 atom stereocenters. The van der Waals surface area contributed by atoms with Crippen LogP contribution in [-0.4, -0.2) is 17.1 Å². The van der Waals surface area contributed by atoms with Gasteiger partial charge in [-0.1, -0.05) is 12.1 Å². The Morgan fingerprint density at radius 3 is 2.25 bits per heavy atom. The summed E-state index contributed by atoms with van der Waals surface area (Å²) in [5.41, 5.74) is 1.57. The summed E-state index contributed by atoms with van der Waals surface area (Å²) in [5, 5.41) is 6.14. The zero-order valence-corrected chi connectivity index (χ0v) is 15.3. The lowest BCUT2D eigenvalue weighted by atomic mass is 10.2. The van der Waals surface area contributed by atoms with Crippen molar-refractivity contribution in [1.82, 2.24) is 9.97 Å². The van der Waals surface area contributed by atoms with E-state index < -0.39 is 11.7 Å². The number of aryl methyl sites for hydroxylation is 1. The first-order valence-electron chi connectivity index (χ1n) is 8.50. The molecule has 2 N–H and O–H groups in total. The minimum absolute atomic E-state index is 0.422. The Bertz CT molecular complexity index is 926. The third kappa shape index (κ3) is 5.12. The van der Waals surface area contributed by atoms with Gasteiger partial charge in [-0.05, 0) is 48.9 Å². The van der Waals surface area contributed by atoms with Gasteiger partial charge in [0.2, 0.25) is 5.95 Å². The summed E-state index contributed by atoms with van der Waals surface area (Å²) in [6, 6.07) is 14.1. The van der Waals surface area contributed by atoms with Crippen molar-refractivity contribution in [3.05, 3.63) is 71.4 Å². The molecular weight excluding hydrogens is 369 g/mol. The van der Waals surface area contributed by atoms with Crippen LogP contribution in [0.5, 0.6) is 5.75 Å². The summed E-state index contributed by atoms with van der Waals surface area (Å²) >= 11 is 0. The third-order valence-electron chi connectivity index (χ3n) is 3.95. The van der Waals surface area contributed by atoms with Gasteiger partial charge in [0.25, 0.3) is 0 Å². The molecule has 0 radical (unpaired) electrons.